The normalized spacial score (nSPS) is 23.4. The Bertz CT molecular complexity index is 939. The molecule has 0 saturated carbocycles. The number of halogens is 2. The van der Waals surface area contributed by atoms with Crippen molar-refractivity contribution in [1.29, 1.82) is 0 Å². The third-order valence-corrected chi connectivity index (χ3v) is 6.38. The summed E-state index contributed by atoms with van der Waals surface area (Å²) < 4.78 is 26.9. The van der Waals surface area contributed by atoms with E-state index >= 15 is 4.39 Å². The Morgan fingerprint density at radius 3 is 2.26 bits per heavy atom. The molecule has 1 aromatic rings. The van der Waals surface area contributed by atoms with Crippen molar-refractivity contribution in [3.8, 4) is 0 Å². The van der Waals surface area contributed by atoms with Crippen LogP contribution in [-0.2, 0) is 20.7 Å². The first-order valence-electron chi connectivity index (χ1n) is 11.9. The lowest BCUT2D eigenvalue weighted by Crippen LogP contribution is -2.54. The smallest absolute Gasteiger partial charge is 0.410 e. The molecule has 0 aliphatic carbocycles. The van der Waals surface area contributed by atoms with Gasteiger partial charge in [0.2, 0.25) is 0 Å². The Morgan fingerprint density at radius 1 is 1.15 bits per heavy atom. The van der Waals surface area contributed by atoms with E-state index in [0.717, 1.165) is 19.5 Å². The maximum Gasteiger partial charge on any atom is 0.410 e. The molecule has 1 aromatic heterocycles. The fraction of sp³-hybridized carbons (Fsp3) is 0.720. The average molecular weight is 498 g/mol. The molecule has 9 heteroatoms. The van der Waals surface area contributed by atoms with Gasteiger partial charge in [-0.1, -0.05) is 11.6 Å². The number of ether oxygens (including phenoxy) is 2. The summed E-state index contributed by atoms with van der Waals surface area (Å²) in [6.07, 6.45) is 1.22. The molecule has 2 saturated heterocycles. The van der Waals surface area contributed by atoms with Gasteiger partial charge in [-0.25, -0.2) is 14.2 Å². The molecule has 0 aromatic carbocycles. The molecular formula is C25H37ClFN3O4. The van der Waals surface area contributed by atoms with Gasteiger partial charge in [-0.2, -0.15) is 0 Å². The fourth-order valence-corrected chi connectivity index (χ4v) is 4.69. The van der Waals surface area contributed by atoms with Gasteiger partial charge in [0.1, 0.15) is 16.4 Å². The van der Waals surface area contributed by atoms with Crippen LogP contribution >= 0.6 is 11.6 Å². The number of rotatable bonds is 4. The van der Waals surface area contributed by atoms with E-state index < -0.39 is 34.5 Å². The zero-order valence-electron chi connectivity index (χ0n) is 21.3. The maximum atomic E-state index is 15.5. The van der Waals surface area contributed by atoms with Gasteiger partial charge in [-0.05, 0) is 67.7 Å². The second-order valence-electron chi connectivity index (χ2n) is 11.5. The molecule has 34 heavy (non-hydrogen) atoms. The lowest BCUT2D eigenvalue weighted by molar-refractivity contribution is -0.172. The van der Waals surface area contributed by atoms with Crippen LogP contribution in [0.2, 0.25) is 5.15 Å². The molecule has 2 atom stereocenters. The quantitative estimate of drug-likeness (QED) is 0.411. The molecule has 0 spiro atoms. The molecule has 2 fully saturated rings. The summed E-state index contributed by atoms with van der Waals surface area (Å²) >= 11 is 6.26. The monoisotopic (exact) mass is 497 g/mol. The van der Waals surface area contributed by atoms with Crippen molar-refractivity contribution in [3.63, 3.8) is 0 Å². The van der Waals surface area contributed by atoms with Gasteiger partial charge in [0.25, 0.3) is 0 Å². The van der Waals surface area contributed by atoms with Crippen LogP contribution < -0.4 is 4.90 Å². The van der Waals surface area contributed by atoms with Crippen molar-refractivity contribution in [2.75, 3.05) is 24.5 Å². The Hall–Kier alpha value is -2.09. The Morgan fingerprint density at radius 2 is 1.76 bits per heavy atom. The predicted octanol–water partition coefficient (Wildman–Crippen LogP) is 5.37. The van der Waals surface area contributed by atoms with Gasteiger partial charge >= 0.3 is 12.1 Å². The van der Waals surface area contributed by atoms with Crippen molar-refractivity contribution >= 4 is 29.4 Å². The van der Waals surface area contributed by atoms with E-state index in [2.05, 4.69) is 4.98 Å². The predicted molar refractivity (Wildman–Crippen MR) is 130 cm³/mol. The average Bonchev–Trinajstić information content (AvgIpc) is 2.61. The third kappa shape index (κ3) is 6.12. The van der Waals surface area contributed by atoms with E-state index in [1.54, 1.807) is 25.7 Å². The van der Waals surface area contributed by atoms with Crippen LogP contribution in [0.15, 0.2) is 6.07 Å². The summed E-state index contributed by atoms with van der Waals surface area (Å²) in [5.74, 6) is -0.864. The highest BCUT2D eigenvalue weighted by Crippen LogP contribution is 2.42. The van der Waals surface area contributed by atoms with Crippen LogP contribution in [-0.4, -0.2) is 58.8 Å². The number of esters is 1. The Labute approximate surface area is 206 Å². The first-order chi connectivity index (χ1) is 15.6. The molecule has 0 bridgehead atoms. The van der Waals surface area contributed by atoms with Gasteiger partial charge in [-0.3, -0.25) is 4.79 Å². The van der Waals surface area contributed by atoms with Crippen molar-refractivity contribution < 1.29 is 23.5 Å². The number of likely N-dealkylation sites (tertiary alicyclic amines) is 1. The Balaban J connectivity index is 1.92. The summed E-state index contributed by atoms with van der Waals surface area (Å²) in [6.45, 7) is 14.5. The highest BCUT2D eigenvalue weighted by Gasteiger charge is 2.49. The standard InChI is InChI=1S/C25H37ClFN3O4/c1-16-14-25(21(31)33-23(2,3)4,9-12-30(16)22(32)34-24(5,6)7)15-17-20(27)18(13-19(26)28-17)29-10-8-11-29/h13,16H,8-12,14-15H2,1-7H3/t16-,25-/m1/s1. The number of anilines is 1. The largest absolute Gasteiger partial charge is 0.460 e. The summed E-state index contributed by atoms with van der Waals surface area (Å²) in [7, 11) is 0. The first kappa shape index (κ1) is 26.5. The minimum Gasteiger partial charge on any atom is -0.460 e. The minimum absolute atomic E-state index is 0.0433. The van der Waals surface area contributed by atoms with Crippen LogP contribution in [0.5, 0.6) is 0 Å². The first-order valence-corrected chi connectivity index (χ1v) is 12.3. The molecule has 3 heterocycles. The second kappa shape index (κ2) is 9.51. The second-order valence-corrected chi connectivity index (χ2v) is 11.9. The number of carbonyl (C=O) groups is 2. The number of hydrogen-bond donors (Lipinski definition) is 0. The van der Waals surface area contributed by atoms with Gasteiger partial charge in [0, 0.05) is 38.2 Å². The van der Waals surface area contributed by atoms with Gasteiger partial charge in [0.05, 0.1) is 16.8 Å². The van der Waals surface area contributed by atoms with Crippen molar-refractivity contribution in [2.45, 2.75) is 91.4 Å². The van der Waals surface area contributed by atoms with E-state index in [1.165, 1.54) is 6.07 Å². The lowest BCUT2D eigenvalue weighted by Gasteiger charge is -2.45. The van der Waals surface area contributed by atoms with Crippen LogP contribution in [0, 0.1) is 11.2 Å². The Kier molecular flexibility index (Phi) is 7.42. The molecular weight excluding hydrogens is 461 g/mol. The summed E-state index contributed by atoms with van der Waals surface area (Å²) in [4.78, 5) is 34.1. The van der Waals surface area contributed by atoms with Crippen LogP contribution in [0.1, 0.15) is 73.4 Å². The topological polar surface area (TPSA) is 72.0 Å². The SMILES string of the molecule is C[C@@H]1C[C@](Cc2nc(Cl)cc(N3CCC3)c2F)(C(=O)OC(C)(C)C)CCN1C(=O)OC(C)(C)C. The number of hydrogen-bond acceptors (Lipinski definition) is 6. The van der Waals surface area contributed by atoms with Crippen molar-refractivity contribution in [3.05, 3.63) is 22.7 Å². The summed E-state index contributed by atoms with van der Waals surface area (Å²) in [6, 6.07) is 1.22. The summed E-state index contributed by atoms with van der Waals surface area (Å²) in [5.41, 5.74) is -1.82. The number of piperidine rings is 1. The number of amides is 1. The van der Waals surface area contributed by atoms with Gasteiger partial charge < -0.3 is 19.3 Å². The molecule has 1 amide bonds. The van der Waals surface area contributed by atoms with Crippen molar-refractivity contribution in [2.24, 2.45) is 5.41 Å². The molecule has 7 nitrogen and oxygen atoms in total. The molecule has 3 rings (SSSR count). The number of nitrogens with zero attached hydrogens (tertiary/aromatic N) is 3. The molecule has 0 radical (unpaired) electrons. The van der Waals surface area contributed by atoms with Crippen LogP contribution in [0.4, 0.5) is 14.9 Å². The van der Waals surface area contributed by atoms with E-state index in [-0.39, 0.29) is 29.9 Å². The van der Waals surface area contributed by atoms with Crippen LogP contribution in [0.25, 0.3) is 0 Å². The summed E-state index contributed by atoms with van der Waals surface area (Å²) in [5, 5.41) is 0.192. The molecule has 190 valence electrons. The fourth-order valence-electron chi connectivity index (χ4n) is 4.49. The molecule has 2 aliphatic rings. The highest BCUT2D eigenvalue weighted by atomic mass is 35.5. The lowest BCUT2D eigenvalue weighted by atomic mass is 9.72. The van der Waals surface area contributed by atoms with Gasteiger partial charge in [-0.15, -0.1) is 0 Å². The highest BCUT2D eigenvalue weighted by molar-refractivity contribution is 6.29. The van der Waals surface area contributed by atoms with E-state index in [0.29, 0.717) is 18.5 Å². The zero-order chi connectivity index (χ0) is 25.5. The zero-order valence-corrected chi connectivity index (χ0v) is 22.1. The number of aromatic nitrogens is 1. The molecule has 0 N–H and O–H groups in total. The van der Waals surface area contributed by atoms with Gasteiger partial charge in [0.15, 0.2) is 5.82 Å². The third-order valence-electron chi connectivity index (χ3n) is 6.19. The maximum absolute atomic E-state index is 15.5. The van der Waals surface area contributed by atoms with Crippen LogP contribution in [0.3, 0.4) is 0 Å². The number of pyridine rings is 1. The van der Waals surface area contributed by atoms with E-state index in [1.807, 2.05) is 32.6 Å². The van der Waals surface area contributed by atoms with Crippen molar-refractivity contribution in [1.82, 2.24) is 9.88 Å². The van der Waals surface area contributed by atoms with E-state index in [4.69, 9.17) is 21.1 Å². The molecule has 2 aliphatic heterocycles. The molecule has 0 unspecified atom stereocenters. The minimum atomic E-state index is -1.05. The van der Waals surface area contributed by atoms with E-state index in [9.17, 15) is 9.59 Å². The number of carbonyl (C=O) groups excluding carboxylic acids is 2.